The molecule has 2 aromatic carbocycles. The molecule has 4 rings (SSSR count). The highest BCUT2D eigenvalue weighted by Crippen LogP contribution is 2.39. The van der Waals surface area contributed by atoms with E-state index in [0.29, 0.717) is 55.2 Å². The molecule has 186 valence electrons. The van der Waals surface area contributed by atoms with Crippen molar-refractivity contribution in [2.75, 3.05) is 49.7 Å². The molecule has 1 heterocycles. The smallest absolute Gasteiger partial charge is 0.251 e. The lowest BCUT2D eigenvalue weighted by Crippen LogP contribution is -2.36. The molecule has 2 aromatic rings. The number of amides is 2. The number of nitrogens with one attached hydrogen (secondary N) is 2. The SMILES string of the molecule is CCOc1cc(N2CCOCC2)c(OCC)cc1NC(=O)/C=C/c1ccc(C(=O)NC2CC2)cc1. The summed E-state index contributed by atoms with van der Waals surface area (Å²) in [6, 6.07) is 11.2. The summed E-state index contributed by atoms with van der Waals surface area (Å²) < 4.78 is 17.2. The highest BCUT2D eigenvalue weighted by atomic mass is 16.5. The number of carbonyl (C=O) groups is 2. The average Bonchev–Trinajstić information content (AvgIpc) is 3.69. The third kappa shape index (κ3) is 6.76. The number of ether oxygens (including phenoxy) is 3. The second-order valence-corrected chi connectivity index (χ2v) is 8.47. The topological polar surface area (TPSA) is 89.1 Å². The lowest BCUT2D eigenvalue weighted by atomic mass is 10.1. The lowest BCUT2D eigenvalue weighted by molar-refractivity contribution is -0.111. The highest BCUT2D eigenvalue weighted by Gasteiger charge is 2.23. The second-order valence-electron chi connectivity index (χ2n) is 8.47. The largest absolute Gasteiger partial charge is 0.492 e. The Morgan fingerprint density at radius 3 is 2.37 bits per heavy atom. The molecule has 0 aromatic heterocycles. The van der Waals surface area contributed by atoms with Crippen molar-refractivity contribution >= 4 is 29.3 Å². The van der Waals surface area contributed by atoms with E-state index in [1.165, 1.54) is 6.08 Å². The molecular weight excluding hydrogens is 446 g/mol. The van der Waals surface area contributed by atoms with Crippen molar-refractivity contribution in [1.29, 1.82) is 0 Å². The first-order valence-corrected chi connectivity index (χ1v) is 12.2. The number of hydrogen-bond acceptors (Lipinski definition) is 6. The van der Waals surface area contributed by atoms with Gasteiger partial charge in [-0.2, -0.15) is 0 Å². The van der Waals surface area contributed by atoms with E-state index in [2.05, 4.69) is 15.5 Å². The molecule has 0 spiro atoms. The first-order valence-electron chi connectivity index (χ1n) is 12.2. The molecule has 0 atom stereocenters. The van der Waals surface area contributed by atoms with Gasteiger partial charge < -0.3 is 29.7 Å². The van der Waals surface area contributed by atoms with Crippen LogP contribution in [0.15, 0.2) is 42.5 Å². The van der Waals surface area contributed by atoms with Crippen molar-refractivity contribution in [3.63, 3.8) is 0 Å². The van der Waals surface area contributed by atoms with Crippen LogP contribution < -0.4 is 25.0 Å². The first-order chi connectivity index (χ1) is 17.1. The van der Waals surface area contributed by atoms with Crippen molar-refractivity contribution in [1.82, 2.24) is 5.32 Å². The number of anilines is 2. The number of benzene rings is 2. The van der Waals surface area contributed by atoms with Gasteiger partial charge in [-0.1, -0.05) is 12.1 Å². The molecule has 2 amide bonds. The molecule has 1 saturated carbocycles. The second kappa shape index (κ2) is 11.8. The third-order valence-corrected chi connectivity index (χ3v) is 5.78. The Bertz CT molecular complexity index is 1060. The van der Waals surface area contributed by atoms with Crippen LogP contribution in [-0.4, -0.2) is 57.4 Å². The van der Waals surface area contributed by atoms with E-state index in [1.807, 2.05) is 38.1 Å². The van der Waals surface area contributed by atoms with Gasteiger partial charge in [0, 0.05) is 42.9 Å². The number of carbonyl (C=O) groups excluding carboxylic acids is 2. The summed E-state index contributed by atoms with van der Waals surface area (Å²) in [4.78, 5) is 27.1. The monoisotopic (exact) mass is 479 g/mol. The fraction of sp³-hybridized carbons (Fsp3) is 0.407. The zero-order valence-electron chi connectivity index (χ0n) is 20.3. The predicted molar refractivity (Wildman–Crippen MR) is 136 cm³/mol. The molecule has 2 aliphatic rings. The van der Waals surface area contributed by atoms with E-state index in [9.17, 15) is 9.59 Å². The molecule has 0 radical (unpaired) electrons. The highest BCUT2D eigenvalue weighted by molar-refractivity contribution is 6.03. The minimum atomic E-state index is -0.289. The maximum Gasteiger partial charge on any atom is 0.251 e. The van der Waals surface area contributed by atoms with Gasteiger partial charge in [0.05, 0.1) is 37.8 Å². The summed E-state index contributed by atoms with van der Waals surface area (Å²) in [5.41, 5.74) is 2.92. The van der Waals surface area contributed by atoms with Gasteiger partial charge in [0.2, 0.25) is 5.91 Å². The zero-order valence-corrected chi connectivity index (χ0v) is 20.3. The molecule has 0 bridgehead atoms. The Hall–Kier alpha value is -3.52. The van der Waals surface area contributed by atoms with Crippen LogP contribution >= 0.6 is 0 Å². The van der Waals surface area contributed by atoms with Gasteiger partial charge in [0.15, 0.2) is 0 Å². The van der Waals surface area contributed by atoms with Crippen molar-refractivity contribution in [3.05, 3.63) is 53.6 Å². The van der Waals surface area contributed by atoms with Gasteiger partial charge >= 0.3 is 0 Å². The lowest BCUT2D eigenvalue weighted by Gasteiger charge is -2.31. The molecule has 1 aliphatic heterocycles. The van der Waals surface area contributed by atoms with Crippen LogP contribution in [0.1, 0.15) is 42.6 Å². The van der Waals surface area contributed by atoms with Gasteiger partial charge in [-0.15, -0.1) is 0 Å². The first kappa shape index (κ1) is 24.6. The quantitative estimate of drug-likeness (QED) is 0.503. The van der Waals surface area contributed by atoms with Gasteiger partial charge in [0.25, 0.3) is 5.91 Å². The van der Waals surface area contributed by atoms with Crippen LogP contribution in [0.2, 0.25) is 0 Å². The average molecular weight is 480 g/mol. The van der Waals surface area contributed by atoms with Gasteiger partial charge in [0.1, 0.15) is 11.5 Å². The summed E-state index contributed by atoms with van der Waals surface area (Å²) in [6.45, 7) is 7.66. The summed E-state index contributed by atoms with van der Waals surface area (Å²) in [5, 5.41) is 5.88. The van der Waals surface area contributed by atoms with Crippen LogP contribution in [0.25, 0.3) is 6.08 Å². The Morgan fingerprint density at radius 2 is 1.71 bits per heavy atom. The summed E-state index contributed by atoms with van der Waals surface area (Å²) in [6.07, 6.45) is 5.28. The van der Waals surface area contributed by atoms with E-state index in [0.717, 1.165) is 37.2 Å². The minimum Gasteiger partial charge on any atom is -0.492 e. The Kier molecular flexibility index (Phi) is 8.26. The van der Waals surface area contributed by atoms with Crippen molar-refractivity contribution in [2.45, 2.75) is 32.7 Å². The van der Waals surface area contributed by atoms with Crippen molar-refractivity contribution in [3.8, 4) is 11.5 Å². The van der Waals surface area contributed by atoms with Crippen molar-refractivity contribution < 1.29 is 23.8 Å². The van der Waals surface area contributed by atoms with E-state index in [4.69, 9.17) is 14.2 Å². The maximum absolute atomic E-state index is 12.7. The maximum atomic E-state index is 12.7. The molecule has 1 aliphatic carbocycles. The Labute approximate surface area is 206 Å². The molecule has 1 saturated heterocycles. The zero-order chi connectivity index (χ0) is 24.6. The molecule has 2 fully saturated rings. The van der Waals surface area contributed by atoms with Crippen LogP contribution in [0.5, 0.6) is 11.5 Å². The number of morpholine rings is 1. The van der Waals surface area contributed by atoms with Gasteiger partial charge in [-0.3, -0.25) is 9.59 Å². The van der Waals surface area contributed by atoms with E-state index in [-0.39, 0.29) is 11.8 Å². The van der Waals surface area contributed by atoms with Crippen LogP contribution in [0.4, 0.5) is 11.4 Å². The van der Waals surface area contributed by atoms with E-state index >= 15 is 0 Å². The number of nitrogens with zero attached hydrogens (tertiary/aromatic N) is 1. The van der Waals surface area contributed by atoms with E-state index < -0.39 is 0 Å². The van der Waals surface area contributed by atoms with Gasteiger partial charge in [-0.25, -0.2) is 0 Å². The molecule has 8 heteroatoms. The van der Waals surface area contributed by atoms with Crippen LogP contribution in [-0.2, 0) is 9.53 Å². The molecule has 2 N–H and O–H groups in total. The third-order valence-electron chi connectivity index (χ3n) is 5.78. The fourth-order valence-corrected chi connectivity index (χ4v) is 3.83. The predicted octanol–water partition coefficient (Wildman–Crippen LogP) is 3.86. The standard InChI is InChI=1S/C27H33N3O5/c1-3-34-24-18-23(30-13-15-33-16-14-30)25(35-4-2)17-22(24)29-26(31)12-7-19-5-8-20(9-6-19)27(32)28-21-10-11-21/h5-9,12,17-18,21H,3-4,10-11,13-16H2,1-2H3,(H,28,32)(H,29,31)/b12-7+. The Morgan fingerprint density at radius 1 is 1.03 bits per heavy atom. The van der Waals surface area contributed by atoms with Crippen LogP contribution in [0.3, 0.4) is 0 Å². The number of rotatable bonds is 10. The molecular formula is C27H33N3O5. The molecule has 0 unspecified atom stereocenters. The van der Waals surface area contributed by atoms with Crippen molar-refractivity contribution in [2.24, 2.45) is 0 Å². The summed E-state index contributed by atoms with van der Waals surface area (Å²) in [7, 11) is 0. The molecule has 35 heavy (non-hydrogen) atoms. The summed E-state index contributed by atoms with van der Waals surface area (Å²) >= 11 is 0. The van der Waals surface area contributed by atoms with Crippen LogP contribution in [0, 0.1) is 0 Å². The van der Waals surface area contributed by atoms with E-state index in [1.54, 1.807) is 18.2 Å². The molecule has 8 nitrogen and oxygen atoms in total. The summed E-state index contributed by atoms with van der Waals surface area (Å²) in [5.74, 6) is 0.931. The normalized spacial score (nSPS) is 15.7. The fourth-order valence-electron chi connectivity index (χ4n) is 3.83. The minimum absolute atomic E-state index is 0.0603. The van der Waals surface area contributed by atoms with Gasteiger partial charge in [-0.05, 0) is 50.5 Å². The number of hydrogen-bond donors (Lipinski definition) is 2. The Balaban J connectivity index is 1.46.